The molecular weight excluding hydrogens is 978 g/mol. The van der Waals surface area contributed by atoms with E-state index in [2.05, 4.69) is 13.8 Å². The molecule has 0 aliphatic heterocycles. The van der Waals surface area contributed by atoms with Crippen LogP contribution < -0.4 is 5.73 Å². The summed E-state index contributed by atoms with van der Waals surface area (Å²) in [5, 5.41) is 0. The van der Waals surface area contributed by atoms with Gasteiger partial charge in [-0.2, -0.15) is 0 Å². The van der Waals surface area contributed by atoms with Gasteiger partial charge in [0.25, 0.3) is 0 Å². The molecule has 2 atom stereocenters. The van der Waals surface area contributed by atoms with Crippen LogP contribution in [0.2, 0.25) is 0 Å². The van der Waals surface area contributed by atoms with Crippen LogP contribution in [0.1, 0.15) is 386 Å². The van der Waals surface area contributed by atoms with Gasteiger partial charge in [0.1, 0.15) is 6.61 Å². The Labute approximate surface area is 479 Å². The van der Waals surface area contributed by atoms with E-state index < -0.39 is 26.5 Å². The maximum absolute atomic E-state index is 12.7. The Bertz CT molecular complexity index is 1220. The number of nitrogens with two attached hydrogens (primary N) is 1. The maximum atomic E-state index is 12.7. The first kappa shape index (κ1) is 76.0. The molecule has 0 fully saturated rings. The topological polar surface area (TPSA) is 134 Å². The summed E-state index contributed by atoms with van der Waals surface area (Å²) in [4.78, 5) is 35.3. The standard InChI is InChI=1S/C67H134NO8P/c1-3-5-7-9-11-13-15-17-19-21-23-25-26-27-28-29-30-31-32-33-34-35-36-37-38-39-40-42-44-46-48-50-52-54-56-58-60-67(70)76-65(64-75-77(71,72)74-62-61-68)63-73-66(69)59-57-55-53-51-49-47-45-43-41-24-22-20-18-16-14-12-10-8-6-4-2/h65H,3-64,68H2,1-2H3,(H,71,72). The lowest BCUT2D eigenvalue weighted by Gasteiger charge is -2.19. The van der Waals surface area contributed by atoms with Gasteiger partial charge in [0, 0.05) is 19.4 Å². The quantitative estimate of drug-likeness (QED) is 0.0347. The molecule has 9 nitrogen and oxygen atoms in total. The highest BCUT2D eigenvalue weighted by Crippen LogP contribution is 2.43. The van der Waals surface area contributed by atoms with Crippen LogP contribution in [-0.2, 0) is 32.7 Å². The van der Waals surface area contributed by atoms with E-state index in [4.69, 9.17) is 24.3 Å². The summed E-state index contributed by atoms with van der Waals surface area (Å²) >= 11 is 0. The smallest absolute Gasteiger partial charge is 0.462 e. The van der Waals surface area contributed by atoms with Crippen LogP contribution in [0.3, 0.4) is 0 Å². The highest BCUT2D eigenvalue weighted by molar-refractivity contribution is 7.47. The Morgan fingerprint density at radius 2 is 0.558 bits per heavy atom. The van der Waals surface area contributed by atoms with Crippen LogP contribution in [0.15, 0.2) is 0 Å². The second-order valence-electron chi connectivity index (χ2n) is 23.8. The first-order chi connectivity index (χ1) is 37.8. The molecule has 0 aliphatic carbocycles. The highest BCUT2D eigenvalue weighted by atomic mass is 31.2. The van der Waals surface area contributed by atoms with Crippen molar-refractivity contribution in [3.05, 3.63) is 0 Å². The lowest BCUT2D eigenvalue weighted by Crippen LogP contribution is -2.29. The molecule has 0 spiro atoms. The molecule has 0 radical (unpaired) electrons. The SMILES string of the molecule is CCCCCCCCCCCCCCCCCCCCCCCCCCCCCCCCCCCCCCC(=O)OC(COC(=O)CCCCCCCCCCCCCCCCCCCCCC)COP(=O)(O)OCCN. The molecule has 0 saturated carbocycles. The predicted octanol–water partition coefficient (Wildman–Crippen LogP) is 22.2. The summed E-state index contributed by atoms with van der Waals surface area (Å²) in [6, 6.07) is 0. The summed E-state index contributed by atoms with van der Waals surface area (Å²) in [5.74, 6) is -0.799. The molecule has 0 aromatic rings. The second-order valence-corrected chi connectivity index (χ2v) is 25.2. The molecule has 460 valence electrons. The fraction of sp³-hybridized carbons (Fsp3) is 0.970. The molecule has 3 N–H and O–H groups in total. The van der Waals surface area contributed by atoms with Crippen molar-refractivity contribution in [3.8, 4) is 0 Å². The minimum Gasteiger partial charge on any atom is -0.462 e. The molecule has 0 amide bonds. The van der Waals surface area contributed by atoms with Gasteiger partial charge in [0.15, 0.2) is 6.10 Å². The Morgan fingerprint density at radius 3 is 0.792 bits per heavy atom. The first-order valence-corrected chi connectivity index (χ1v) is 36.0. The van der Waals surface area contributed by atoms with Gasteiger partial charge in [-0.25, -0.2) is 4.57 Å². The van der Waals surface area contributed by atoms with Crippen LogP contribution in [-0.4, -0.2) is 49.3 Å². The van der Waals surface area contributed by atoms with Crippen LogP contribution in [0, 0.1) is 0 Å². The lowest BCUT2D eigenvalue weighted by molar-refractivity contribution is -0.161. The van der Waals surface area contributed by atoms with Crippen molar-refractivity contribution in [2.75, 3.05) is 26.4 Å². The van der Waals surface area contributed by atoms with Crippen molar-refractivity contribution >= 4 is 19.8 Å². The third kappa shape index (κ3) is 64.1. The van der Waals surface area contributed by atoms with E-state index in [1.54, 1.807) is 0 Å². The van der Waals surface area contributed by atoms with E-state index >= 15 is 0 Å². The van der Waals surface area contributed by atoms with E-state index in [-0.39, 0.29) is 32.1 Å². The van der Waals surface area contributed by atoms with Crippen LogP contribution >= 0.6 is 7.82 Å². The number of rotatable bonds is 67. The van der Waals surface area contributed by atoms with Crippen molar-refractivity contribution < 1.29 is 37.6 Å². The van der Waals surface area contributed by atoms with Gasteiger partial charge in [-0.05, 0) is 12.8 Å². The molecule has 0 aromatic heterocycles. The van der Waals surface area contributed by atoms with Gasteiger partial charge in [-0.3, -0.25) is 18.6 Å². The highest BCUT2D eigenvalue weighted by Gasteiger charge is 2.26. The van der Waals surface area contributed by atoms with Crippen molar-refractivity contribution in [3.63, 3.8) is 0 Å². The number of unbranched alkanes of at least 4 members (excludes halogenated alkanes) is 54. The minimum absolute atomic E-state index is 0.0587. The molecule has 77 heavy (non-hydrogen) atoms. The van der Waals surface area contributed by atoms with E-state index in [0.29, 0.717) is 12.8 Å². The van der Waals surface area contributed by atoms with E-state index in [1.165, 1.54) is 321 Å². The number of carbonyl (C=O) groups excluding carboxylic acids is 2. The van der Waals surface area contributed by atoms with Gasteiger partial charge in [-0.1, -0.05) is 361 Å². The molecular formula is C67H134NO8P. The van der Waals surface area contributed by atoms with Crippen LogP contribution in [0.5, 0.6) is 0 Å². The van der Waals surface area contributed by atoms with Crippen molar-refractivity contribution in [2.45, 2.75) is 392 Å². The van der Waals surface area contributed by atoms with Gasteiger partial charge in [0.05, 0.1) is 13.2 Å². The number of ether oxygens (including phenoxy) is 2. The monoisotopic (exact) mass is 1110 g/mol. The number of hydrogen-bond donors (Lipinski definition) is 2. The van der Waals surface area contributed by atoms with E-state index in [1.807, 2.05) is 0 Å². The second kappa shape index (κ2) is 64.2. The molecule has 0 rings (SSSR count). The molecule has 0 aliphatic rings. The Hall–Kier alpha value is -0.990. The van der Waals surface area contributed by atoms with E-state index in [0.717, 1.165) is 32.1 Å². The average molecular weight is 1110 g/mol. The number of esters is 2. The average Bonchev–Trinajstić information content (AvgIpc) is 3.42. The number of phosphoric acid groups is 1. The normalized spacial score (nSPS) is 12.8. The number of carbonyl (C=O) groups is 2. The van der Waals surface area contributed by atoms with E-state index in [9.17, 15) is 19.0 Å². The third-order valence-corrected chi connectivity index (χ3v) is 17.0. The van der Waals surface area contributed by atoms with Crippen LogP contribution in [0.25, 0.3) is 0 Å². The zero-order chi connectivity index (χ0) is 55.9. The van der Waals surface area contributed by atoms with Gasteiger partial charge in [-0.15, -0.1) is 0 Å². The number of hydrogen-bond acceptors (Lipinski definition) is 8. The first-order valence-electron chi connectivity index (χ1n) is 34.5. The zero-order valence-corrected chi connectivity index (χ0v) is 52.6. The molecule has 0 bridgehead atoms. The summed E-state index contributed by atoms with van der Waals surface area (Å²) in [5.41, 5.74) is 5.40. The summed E-state index contributed by atoms with van der Waals surface area (Å²) in [7, 11) is -4.38. The largest absolute Gasteiger partial charge is 0.472 e. The third-order valence-electron chi connectivity index (χ3n) is 16.0. The van der Waals surface area contributed by atoms with Crippen molar-refractivity contribution in [2.24, 2.45) is 5.73 Å². The Balaban J connectivity index is 3.75. The maximum Gasteiger partial charge on any atom is 0.472 e. The Kier molecular flexibility index (Phi) is 63.4. The fourth-order valence-corrected chi connectivity index (χ4v) is 11.6. The molecule has 2 unspecified atom stereocenters. The summed E-state index contributed by atoms with van der Waals surface area (Å²) in [6.45, 7) is 3.84. The fourth-order valence-electron chi connectivity index (χ4n) is 10.9. The molecule has 0 saturated heterocycles. The van der Waals surface area contributed by atoms with Crippen molar-refractivity contribution in [1.82, 2.24) is 0 Å². The predicted molar refractivity (Wildman–Crippen MR) is 331 cm³/mol. The molecule has 10 heteroatoms. The summed E-state index contributed by atoms with van der Waals surface area (Å²) in [6.07, 6.45) is 75.0. The van der Waals surface area contributed by atoms with Gasteiger partial charge in [0.2, 0.25) is 0 Å². The van der Waals surface area contributed by atoms with Crippen LogP contribution in [0.4, 0.5) is 0 Å². The van der Waals surface area contributed by atoms with Crippen molar-refractivity contribution in [1.29, 1.82) is 0 Å². The molecule has 0 aromatic carbocycles. The molecule has 0 heterocycles. The van der Waals surface area contributed by atoms with Gasteiger partial charge < -0.3 is 20.1 Å². The Morgan fingerprint density at radius 1 is 0.338 bits per heavy atom. The minimum atomic E-state index is -4.38. The number of phosphoric ester groups is 1. The summed E-state index contributed by atoms with van der Waals surface area (Å²) < 4.78 is 33.1. The zero-order valence-electron chi connectivity index (χ0n) is 51.7. The van der Waals surface area contributed by atoms with Gasteiger partial charge >= 0.3 is 19.8 Å². The lowest BCUT2D eigenvalue weighted by atomic mass is 10.0.